The van der Waals surface area contributed by atoms with Crippen molar-refractivity contribution in [2.24, 2.45) is 0 Å². The Balaban J connectivity index is 2.32. The molecule has 0 N–H and O–H groups in total. The second kappa shape index (κ2) is 3.95. The van der Waals surface area contributed by atoms with E-state index in [1.807, 2.05) is 0 Å². The first-order valence-corrected chi connectivity index (χ1v) is 4.04. The minimum Gasteiger partial charge on any atom is -0.394 e. The SMILES string of the molecule is FC(F)(F)CCOn1nncc1Br. The minimum absolute atomic E-state index is 0.370. The van der Waals surface area contributed by atoms with Gasteiger partial charge in [-0.1, -0.05) is 4.85 Å². The van der Waals surface area contributed by atoms with Crippen molar-refractivity contribution in [2.75, 3.05) is 6.61 Å². The van der Waals surface area contributed by atoms with Crippen LogP contribution < -0.4 is 4.84 Å². The molecular weight excluding hydrogens is 255 g/mol. The van der Waals surface area contributed by atoms with Crippen LogP contribution in [-0.4, -0.2) is 27.9 Å². The number of halogens is 4. The van der Waals surface area contributed by atoms with Gasteiger partial charge in [-0.25, -0.2) is 0 Å². The van der Waals surface area contributed by atoms with Gasteiger partial charge in [-0.15, -0.1) is 5.10 Å². The zero-order valence-electron chi connectivity index (χ0n) is 6.25. The molecule has 4 nitrogen and oxygen atoms in total. The van der Waals surface area contributed by atoms with Crippen LogP contribution in [0.3, 0.4) is 0 Å². The summed E-state index contributed by atoms with van der Waals surface area (Å²) in [4.78, 5) is 5.51. The molecule has 0 radical (unpaired) electrons. The molecule has 0 atom stereocenters. The van der Waals surface area contributed by atoms with E-state index in [1.165, 1.54) is 6.20 Å². The van der Waals surface area contributed by atoms with E-state index >= 15 is 0 Å². The molecule has 1 aromatic heterocycles. The summed E-state index contributed by atoms with van der Waals surface area (Å²) in [6, 6.07) is 0. The highest BCUT2D eigenvalue weighted by Gasteiger charge is 2.27. The van der Waals surface area contributed by atoms with Gasteiger partial charge in [0.05, 0.1) is 12.6 Å². The predicted molar refractivity (Wildman–Crippen MR) is 39.8 cm³/mol. The molecule has 0 unspecified atom stereocenters. The van der Waals surface area contributed by atoms with Crippen molar-refractivity contribution in [1.29, 1.82) is 0 Å². The van der Waals surface area contributed by atoms with Crippen molar-refractivity contribution in [3.8, 4) is 0 Å². The lowest BCUT2D eigenvalue weighted by Crippen LogP contribution is -2.20. The average molecular weight is 260 g/mol. The zero-order chi connectivity index (χ0) is 9.90. The fourth-order valence-corrected chi connectivity index (χ4v) is 0.813. The molecule has 8 heteroatoms. The van der Waals surface area contributed by atoms with Crippen molar-refractivity contribution < 1.29 is 18.0 Å². The quantitative estimate of drug-likeness (QED) is 0.825. The third kappa shape index (κ3) is 3.62. The molecule has 0 fully saturated rings. The largest absolute Gasteiger partial charge is 0.394 e. The van der Waals surface area contributed by atoms with Gasteiger partial charge in [-0.3, -0.25) is 0 Å². The Bertz CT molecular complexity index is 274. The van der Waals surface area contributed by atoms with Gasteiger partial charge in [0, 0.05) is 0 Å². The van der Waals surface area contributed by atoms with Crippen molar-refractivity contribution in [2.45, 2.75) is 12.6 Å². The predicted octanol–water partition coefficient (Wildman–Crippen LogP) is 1.42. The highest BCUT2D eigenvalue weighted by molar-refractivity contribution is 9.10. The van der Waals surface area contributed by atoms with E-state index in [0.29, 0.717) is 4.60 Å². The van der Waals surface area contributed by atoms with E-state index in [1.54, 1.807) is 0 Å². The fourth-order valence-electron chi connectivity index (χ4n) is 0.548. The van der Waals surface area contributed by atoms with Crippen LogP contribution in [0.15, 0.2) is 10.8 Å². The first-order chi connectivity index (χ1) is 5.99. The molecule has 1 rings (SSSR count). The summed E-state index contributed by atoms with van der Waals surface area (Å²) in [6.07, 6.45) is -3.92. The van der Waals surface area contributed by atoms with E-state index in [4.69, 9.17) is 0 Å². The highest BCUT2D eigenvalue weighted by atomic mass is 79.9. The second-order valence-corrected chi connectivity index (χ2v) is 2.94. The molecule has 0 aliphatic rings. The van der Waals surface area contributed by atoms with Gasteiger partial charge in [0.2, 0.25) is 0 Å². The Hall–Kier alpha value is -0.790. The smallest absolute Gasteiger partial charge is 0.392 e. The van der Waals surface area contributed by atoms with Gasteiger partial charge >= 0.3 is 6.18 Å². The molecule has 13 heavy (non-hydrogen) atoms. The molecule has 0 amide bonds. The van der Waals surface area contributed by atoms with Crippen LogP contribution in [0.25, 0.3) is 0 Å². The van der Waals surface area contributed by atoms with E-state index in [9.17, 15) is 13.2 Å². The van der Waals surface area contributed by atoms with Crippen LogP contribution in [0, 0.1) is 0 Å². The molecule has 74 valence electrons. The second-order valence-electron chi connectivity index (χ2n) is 2.13. The van der Waals surface area contributed by atoms with Crippen LogP contribution in [0.1, 0.15) is 6.42 Å². The van der Waals surface area contributed by atoms with Crippen LogP contribution >= 0.6 is 15.9 Å². The van der Waals surface area contributed by atoms with E-state index in [-0.39, 0.29) is 0 Å². The van der Waals surface area contributed by atoms with E-state index in [0.717, 1.165) is 4.85 Å². The molecule has 0 aromatic carbocycles. The highest BCUT2D eigenvalue weighted by Crippen LogP contribution is 2.18. The molecule has 0 saturated heterocycles. The zero-order valence-corrected chi connectivity index (χ0v) is 7.84. The van der Waals surface area contributed by atoms with Crippen molar-refractivity contribution in [3.05, 3.63) is 10.8 Å². The Kier molecular flexibility index (Phi) is 3.12. The first-order valence-electron chi connectivity index (χ1n) is 3.25. The molecule has 0 aliphatic carbocycles. The molecule has 1 heterocycles. The minimum atomic E-state index is -4.22. The van der Waals surface area contributed by atoms with Gasteiger partial charge < -0.3 is 4.84 Å². The number of rotatable bonds is 3. The van der Waals surface area contributed by atoms with Crippen molar-refractivity contribution in [3.63, 3.8) is 0 Å². The van der Waals surface area contributed by atoms with E-state index in [2.05, 4.69) is 31.1 Å². The van der Waals surface area contributed by atoms with Gasteiger partial charge in [0.1, 0.15) is 6.61 Å². The number of hydrogen-bond donors (Lipinski definition) is 0. The van der Waals surface area contributed by atoms with Crippen molar-refractivity contribution >= 4 is 15.9 Å². The molecule has 0 saturated carbocycles. The van der Waals surface area contributed by atoms with Crippen LogP contribution in [0.4, 0.5) is 13.2 Å². The van der Waals surface area contributed by atoms with Gasteiger partial charge in [0.15, 0.2) is 4.60 Å². The summed E-state index contributed by atoms with van der Waals surface area (Å²) in [5.74, 6) is 0. The summed E-state index contributed by atoms with van der Waals surface area (Å²) < 4.78 is 35.3. The monoisotopic (exact) mass is 259 g/mol. The summed E-state index contributed by atoms with van der Waals surface area (Å²) in [7, 11) is 0. The lowest BCUT2D eigenvalue weighted by molar-refractivity contribution is -0.147. The maximum Gasteiger partial charge on any atom is 0.392 e. The molecule has 0 aliphatic heterocycles. The van der Waals surface area contributed by atoms with Gasteiger partial charge in [-0.2, -0.15) is 13.2 Å². The Morgan fingerprint density at radius 3 is 2.69 bits per heavy atom. The molecular formula is C5H5BrF3N3O. The third-order valence-corrected chi connectivity index (χ3v) is 1.59. The lowest BCUT2D eigenvalue weighted by atomic mass is 10.5. The first kappa shape index (κ1) is 10.3. The standard InChI is InChI=1S/C5H5BrF3N3O/c6-4-3-10-11-12(4)13-2-1-5(7,8)9/h3H,1-2H2. The van der Waals surface area contributed by atoms with Crippen LogP contribution in [-0.2, 0) is 0 Å². The molecule has 1 aromatic rings. The third-order valence-electron chi connectivity index (χ3n) is 1.08. The number of alkyl halides is 3. The fraction of sp³-hybridized carbons (Fsp3) is 0.600. The maximum absolute atomic E-state index is 11.6. The Labute approximate surface area is 79.8 Å². The Morgan fingerprint density at radius 1 is 1.54 bits per heavy atom. The van der Waals surface area contributed by atoms with Crippen LogP contribution in [0.2, 0.25) is 0 Å². The van der Waals surface area contributed by atoms with E-state index < -0.39 is 19.2 Å². The van der Waals surface area contributed by atoms with Crippen LogP contribution in [0.5, 0.6) is 0 Å². The molecule has 0 bridgehead atoms. The number of hydrogen-bond acceptors (Lipinski definition) is 3. The van der Waals surface area contributed by atoms with Crippen molar-refractivity contribution in [1.82, 2.24) is 15.2 Å². The van der Waals surface area contributed by atoms with Gasteiger partial charge in [-0.05, 0) is 21.1 Å². The maximum atomic E-state index is 11.6. The molecule has 0 spiro atoms. The summed E-state index contributed by atoms with van der Waals surface area (Å²) in [5.41, 5.74) is 0. The normalized spacial score (nSPS) is 11.7. The summed E-state index contributed by atoms with van der Waals surface area (Å²) in [5, 5.41) is 6.76. The topological polar surface area (TPSA) is 39.9 Å². The summed E-state index contributed by atoms with van der Waals surface area (Å²) >= 11 is 2.98. The summed E-state index contributed by atoms with van der Waals surface area (Å²) in [6.45, 7) is -0.481. The Morgan fingerprint density at radius 2 is 2.23 bits per heavy atom. The average Bonchev–Trinajstić information content (AvgIpc) is 2.34. The number of nitrogens with zero attached hydrogens (tertiary/aromatic N) is 3. The van der Waals surface area contributed by atoms with Gasteiger partial charge in [0.25, 0.3) is 0 Å². The number of aromatic nitrogens is 3. The lowest BCUT2D eigenvalue weighted by Gasteiger charge is -2.07.